The van der Waals surface area contributed by atoms with Crippen molar-refractivity contribution in [3.63, 3.8) is 0 Å². The minimum Gasteiger partial charge on any atom is -0.468 e. The van der Waals surface area contributed by atoms with E-state index >= 15 is 0 Å². The lowest BCUT2D eigenvalue weighted by molar-refractivity contribution is -0.142. The van der Waals surface area contributed by atoms with Gasteiger partial charge in [0.15, 0.2) is 0 Å². The zero-order valence-corrected chi connectivity index (χ0v) is 12.7. The van der Waals surface area contributed by atoms with Gasteiger partial charge in [0.1, 0.15) is 0 Å². The van der Waals surface area contributed by atoms with Gasteiger partial charge in [-0.3, -0.25) is 14.4 Å². The third-order valence-corrected chi connectivity index (χ3v) is 4.02. The highest BCUT2D eigenvalue weighted by atomic mass is 16.5. The quantitative estimate of drug-likeness (QED) is 0.750. The van der Waals surface area contributed by atoms with E-state index in [1.807, 2.05) is 0 Å². The van der Waals surface area contributed by atoms with Gasteiger partial charge in [-0.25, -0.2) is 0 Å². The monoisotopic (exact) mass is 279 g/mol. The molecule has 2 rings (SSSR count). The highest BCUT2D eigenvalue weighted by Gasteiger charge is 2.19. The molecule has 0 amide bonds. The molecule has 5 heteroatoms. The fourth-order valence-electron chi connectivity index (χ4n) is 2.69. The molecule has 0 saturated heterocycles. The summed E-state index contributed by atoms with van der Waals surface area (Å²) in [5, 5.41) is 4.67. The number of esters is 1. The number of aromatic nitrogens is 2. The van der Waals surface area contributed by atoms with Crippen LogP contribution >= 0.6 is 0 Å². The van der Waals surface area contributed by atoms with Gasteiger partial charge in [0.05, 0.1) is 25.4 Å². The van der Waals surface area contributed by atoms with E-state index < -0.39 is 0 Å². The molecule has 0 atom stereocenters. The van der Waals surface area contributed by atoms with Crippen molar-refractivity contribution in [2.75, 3.05) is 13.7 Å². The summed E-state index contributed by atoms with van der Waals surface area (Å²) in [6.45, 7) is 5.16. The molecule has 1 fully saturated rings. The lowest BCUT2D eigenvalue weighted by Gasteiger charge is -2.24. The van der Waals surface area contributed by atoms with Gasteiger partial charge in [0.25, 0.3) is 0 Å². The summed E-state index contributed by atoms with van der Waals surface area (Å²) in [4.78, 5) is 13.5. The summed E-state index contributed by atoms with van der Waals surface area (Å²) < 4.78 is 6.85. The first-order valence-electron chi connectivity index (χ1n) is 7.45. The van der Waals surface area contributed by atoms with Crippen LogP contribution in [0.3, 0.4) is 0 Å². The first-order valence-corrected chi connectivity index (χ1v) is 7.45. The highest BCUT2D eigenvalue weighted by Crippen LogP contribution is 2.28. The van der Waals surface area contributed by atoms with Gasteiger partial charge >= 0.3 is 5.97 Å². The second kappa shape index (κ2) is 6.88. The van der Waals surface area contributed by atoms with Crippen molar-refractivity contribution in [3.05, 3.63) is 18.0 Å². The third-order valence-electron chi connectivity index (χ3n) is 4.02. The number of methoxy groups -OCH3 is 1. The maximum atomic E-state index is 11.4. The van der Waals surface area contributed by atoms with Crippen molar-refractivity contribution in [1.29, 1.82) is 0 Å². The Kier molecular flexibility index (Phi) is 5.17. The number of ether oxygens (including phenoxy) is 1. The molecule has 0 unspecified atom stereocenters. The number of carbonyl (C=O) groups is 1. The summed E-state index contributed by atoms with van der Waals surface area (Å²) in [5.74, 6) is -0.200. The number of hydrogen-bond acceptors (Lipinski definition) is 4. The van der Waals surface area contributed by atoms with Crippen LogP contribution in [0, 0.1) is 0 Å². The largest absolute Gasteiger partial charge is 0.468 e. The van der Waals surface area contributed by atoms with Crippen LogP contribution in [0.2, 0.25) is 0 Å². The van der Waals surface area contributed by atoms with E-state index in [1.165, 1.54) is 32.8 Å². The van der Waals surface area contributed by atoms with E-state index in [2.05, 4.69) is 40.8 Å². The predicted octanol–water partition coefficient (Wildman–Crippen LogP) is 2.38. The van der Waals surface area contributed by atoms with E-state index in [-0.39, 0.29) is 12.0 Å². The van der Waals surface area contributed by atoms with Crippen LogP contribution in [-0.2, 0) is 16.1 Å². The van der Waals surface area contributed by atoms with Gasteiger partial charge in [-0.2, -0.15) is 5.10 Å². The molecule has 20 heavy (non-hydrogen) atoms. The molecule has 1 aromatic heterocycles. The van der Waals surface area contributed by atoms with Crippen LogP contribution in [0.1, 0.15) is 51.3 Å². The molecule has 5 nitrogen and oxygen atoms in total. The van der Waals surface area contributed by atoms with E-state index in [4.69, 9.17) is 4.74 Å². The lowest BCUT2D eigenvalue weighted by Crippen LogP contribution is -2.35. The Bertz CT molecular complexity index is 436. The van der Waals surface area contributed by atoms with Crippen LogP contribution < -0.4 is 0 Å². The average Bonchev–Trinajstić information content (AvgIpc) is 3.08. The molecule has 112 valence electrons. The Morgan fingerprint density at radius 2 is 2.20 bits per heavy atom. The molecule has 0 spiro atoms. The van der Waals surface area contributed by atoms with Crippen LogP contribution in [0.5, 0.6) is 0 Å². The molecule has 1 aliphatic rings. The first kappa shape index (κ1) is 15.0. The van der Waals surface area contributed by atoms with Gasteiger partial charge in [-0.1, -0.05) is 12.8 Å². The van der Waals surface area contributed by atoms with Crippen molar-refractivity contribution >= 4 is 5.97 Å². The first-order chi connectivity index (χ1) is 9.60. The van der Waals surface area contributed by atoms with Crippen molar-refractivity contribution in [1.82, 2.24) is 14.7 Å². The van der Waals surface area contributed by atoms with Gasteiger partial charge in [0.2, 0.25) is 0 Å². The number of hydrogen-bond donors (Lipinski definition) is 0. The zero-order chi connectivity index (χ0) is 14.5. The number of nitrogens with zero attached hydrogens (tertiary/aromatic N) is 3. The fraction of sp³-hybridized carbons (Fsp3) is 0.733. The molecular formula is C15H25N3O2. The predicted molar refractivity (Wildman–Crippen MR) is 77.3 cm³/mol. The summed E-state index contributed by atoms with van der Waals surface area (Å²) in [6, 6.07) is 2.91. The average molecular weight is 279 g/mol. The minimum atomic E-state index is -0.200. The van der Waals surface area contributed by atoms with Gasteiger partial charge in [0, 0.05) is 18.8 Å². The summed E-state index contributed by atoms with van der Waals surface area (Å²) in [6.07, 6.45) is 7.15. The molecule has 1 aromatic rings. The SMILES string of the molecule is COC(=O)CN(Cc1ccn(C2CCCC2)n1)C(C)C. The van der Waals surface area contributed by atoms with Crippen LogP contribution in [0.25, 0.3) is 0 Å². The van der Waals surface area contributed by atoms with Gasteiger partial charge in [-0.05, 0) is 32.8 Å². The topological polar surface area (TPSA) is 47.4 Å². The van der Waals surface area contributed by atoms with Crippen molar-refractivity contribution < 1.29 is 9.53 Å². The zero-order valence-electron chi connectivity index (χ0n) is 12.7. The normalized spacial score (nSPS) is 16.2. The van der Waals surface area contributed by atoms with E-state index in [0.29, 0.717) is 19.1 Å². The van der Waals surface area contributed by atoms with E-state index in [0.717, 1.165) is 5.69 Å². The second-order valence-electron chi connectivity index (χ2n) is 5.80. The lowest BCUT2D eigenvalue weighted by atomic mass is 10.3. The van der Waals surface area contributed by atoms with Crippen molar-refractivity contribution in [3.8, 4) is 0 Å². The van der Waals surface area contributed by atoms with Crippen molar-refractivity contribution in [2.45, 2.75) is 58.2 Å². The Hall–Kier alpha value is -1.36. The second-order valence-corrected chi connectivity index (χ2v) is 5.80. The highest BCUT2D eigenvalue weighted by molar-refractivity contribution is 5.71. The summed E-state index contributed by atoms with van der Waals surface area (Å²) in [5.41, 5.74) is 1.02. The fourth-order valence-corrected chi connectivity index (χ4v) is 2.69. The Balaban J connectivity index is 1.97. The molecule has 0 aliphatic heterocycles. The Morgan fingerprint density at radius 3 is 2.80 bits per heavy atom. The molecule has 0 radical (unpaired) electrons. The third kappa shape index (κ3) is 3.82. The summed E-state index contributed by atoms with van der Waals surface area (Å²) >= 11 is 0. The molecule has 1 heterocycles. The van der Waals surface area contributed by atoms with E-state index in [1.54, 1.807) is 0 Å². The molecule has 0 aromatic carbocycles. The Labute approximate surface area is 120 Å². The van der Waals surface area contributed by atoms with Gasteiger partial charge < -0.3 is 4.74 Å². The van der Waals surface area contributed by atoms with Crippen LogP contribution in [0.15, 0.2) is 12.3 Å². The Morgan fingerprint density at radius 1 is 1.50 bits per heavy atom. The molecule has 0 N–H and O–H groups in total. The minimum absolute atomic E-state index is 0.200. The number of carbonyl (C=O) groups excluding carboxylic acids is 1. The number of rotatable bonds is 6. The molecule has 1 saturated carbocycles. The van der Waals surface area contributed by atoms with Gasteiger partial charge in [-0.15, -0.1) is 0 Å². The van der Waals surface area contributed by atoms with Crippen LogP contribution in [0.4, 0.5) is 0 Å². The maximum absolute atomic E-state index is 11.4. The summed E-state index contributed by atoms with van der Waals surface area (Å²) in [7, 11) is 1.43. The van der Waals surface area contributed by atoms with Crippen LogP contribution in [-0.4, -0.2) is 40.3 Å². The molecule has 0 bridgehead atoms. The van der Waals surface area contributed by atoms with Crippen molar-refractivity contribution in [2.24, 2.45) is 0 Å². The van der Waals surface area contributed by atoms with E-state index in [9.17, 15) is 4.79 Å². The maximum Gasteiger partial charge on any atom is 0.319 e. The molecular weight excluding hydrogens is 254 g/mol. The standard InChI is InChI=1S/C15H25N3O2/c1-12(2)17(11-15(19)20-3)10-13-8-9-18(16-13)14-6-4-5-7-14/h8-9,12,14H,4-7,10-11H2,1-3H3. The molecule has 1 aliphatic carbocycles. The smallest absolute Gasteiger partial charge is 0.319 e.